The average molecular weight is 117 g/mol. The molecule has 0 aromatic heterocycles. The van der Waals surface area contributed by atoms with Crippen LogP contribution in [0, 0.1) is 11.3 Å². The van der Waals surface area contributed by atoms with Crippen LogP contribution in [-0.4, -0.2) is 5.38 Å². The van der Waals surface area contributed by atoms with E-state index in [0.717, 1.165) is 5.92 Å². The van der Waals surface area contributed by atoms with Gasteiger partial charge < -0.3 is 0 Å². The molecule has 3 fully saturated rings. The van der Waals surface area contributed by atoms with Crippen LogP contribution in [0.2, 0.25) is 0 Å². The van der Waals surface area contributed by atoms with Crippen molar-refractivity contribution in [1.29, 1.82) is 0 Å². The maximum atomic E-state index is 5.89. The van der Waals surface area contributed by atoms with Crippen molar-refractivity contribution < 1.29 is 0 Å². The fourth-order valence-electron chi connectivity index (χ4n) is 1.82. The minimum absolute atomic E-state index is 0.549. The van der Waals surface area contributed by atoms with E-state index in [1.807, 2.05) is 0 Å². The molecular weight excluding hydrogens is 108 g/mol. The fourth-order valence-corrected chi connectivity index (χ4v) is 2.17. The zero-order chi connectivity index (χ0) is 5.07. The molecule has 0 N–H and O–H groups in total. The molecule has 7 heavy (non-hydrogen) atoms. The van der Waals surface area contributed by atoms with E-state index in [4.69, 9.17) is 11.6 Å². The molecule has 1 atom stereocenters. The van der Waals surface area contributed by atoms with Gasteiger partial charge in [0, 0.05) is 5.38 Å². The number of alkyl halides is 1. The number of hydrogen-bond acceptors (Lipinski definition) is 0. The van der Waals surface area contributed by atoms with Crippen LogP contribution in [0.5, 0.6) is 0 Å². The average Bonchev–Trinajstić information content (AvgIpc) is 1.62. The van der Waals surface area contributed by atoms with Gasteiger partial charge in [-0.3, -0.25) is 0 Å². The molecule has 3 aliphatic carbocycles. The SMILES string of the molecule is CC12CC(C1)C2Cl. The van der Waals surface area contributed by atoms with Crippen LogP contribution >= 0.6 is 11.6 Å². The summed E-state index contributed by atoms with van der Waals surface area (Å²) >= 11 is 5.89. The maximum absolute atomic E-state index is 5.89. The first-order valence-electron chi connectivity index (χ1n) is 2.86. The van der Waals surface area contributed by atoms with Crippen molar-refractivity contribution in [2.45, 2.75) is 25.1 Å². The number of rotatable bonds is 0. The van der Waals surface area contributed by atoms with Crippen LogP contribution in [0.25, 0.3) is 0 Å². The van der Waals surface area contributed by atoms with E-state index in [1.165, 1.54) is 12.8 Å². The Morgan fingerprint density at radius 3 is 2.00 bits per heavy atom. The summed E-state index contributed by atoms with van der Waals surface area (Å²) in [6.45, 7) is 2.28. The van der Waals surface area contributed by atoms with Gasteiger partial charge in [0.25, 0.3) is 0 Å². The predicted octanol–water partition coefficient (Wildman–Crippen LogP) is 2.02. The van der Waals surface area contributed by atoms with E-state index in [9.17, 15) is 0 Å². The minimum Gasteiger partial charge on any atom is -0.122 e. The molecule has 0 aliphatic heterocycles. The zero-order valence-corrected chi connectivity index (χ0v) is 5.20. The van der Waals surface area contributed by atoms with Crippen LogP contribution in [0.3, 0.4) is 0 Å². The van der Waals surface area contributed by atoms with Gasteiger partial charge in [-0.15, -0.1) is 11.6 Å². The maximum Gasteiger partial charge on any atom is 0.0418 e. The Balaban J connectivity index is 2.17. The van der Waals surface area contributed by atoms with Crippen molar-refractivity contribution in [2.24, 2.45) is 11.3 Å². The molecule has 1 heteroatoms. The molecule has 2 bridgehead atoms. The minimum atomic E-state index is 0.549. The lowest BCUT2D eigenvalue weighted by molar-refractivity contribution is -0.0794. The molecule has 0 aromatic carbocycles. The first-order chi connectivity index (χ1) is 3.22. The summed E-state index contributed by atoms with van der Waals surface area (Å²) < 4.78 is 0. The van der Waals surface area contributed by atoms with E-state index in [-0.39, 0.29) is 0 Å². The van der Waals surface area contributed by atoms with Gasteiger partial charge in [-0.25, -0.2) is 0 Å². The Kier molecular flexibility index (Phi) is 0.517. The van der Waals surface area contributed by atoms with E-state index in [2.05, 4.69) is 6.92 Å². The lowest BCUT2D eigenvalue weighted by Crippen LogP contribution is -2.60. The van der Waals surface area contributed by atoms with E-state index < -0.39 is 0 Å². The van der Waals surface area contributed by atoms with Gasteiger partial charge in [-0.2, -0.15) is 0 Å². The van der Waals surface area contributed by atoms with Gasteiger partial charge in [-0.1, -0.05) is 6.92 Å². The van der Waals surface area contributed by atoms with E-state index >= 15 is 0 Å². The topological polar surface area (TPSA) is 0 Å². The molecule has 40 valence electrons. The molecule has 0 amide bonds. The third-order valence-electron chi connectivity index (χ3n) is 2.54. The summed E-state index contributed by atoms with van der Waals surface area (Å²) in [5, 5.41) is 0.549. The fraction of sp³-hybridized carbons (Fsp3) is 1.00. The third-order valence-corrected chi connectivity index (χ3v) is 3.42. The van der Waals surface area contributed by atoms with Crippen LogP contribution < -0.4 is 0 Å². The van der Waals surface area contributed by atoms with E-state index in [0.29, 0.717) is 10.8 Å². The second-order valence-corrected chi connectivity index (χ2v) is 3.69. The molecule has 0 aromatic rings. The quantitative estimate of drug-likeness (QED) is 0.425. The number of hydrogen-bond donors (Lipinski definition) is 0. The Bertz CT molecular complexity index is 103. The summed E-state index contributed by atoms with van der Waals surface area (Å²) in [7, 11) is 0. The van der Waals surface area contributed by atoms with Crippen molar-refractivity contribution >= 4 is 11.6 Å². The summed E-state index contributed by atoms with van der Waals surface area (Å²) in [5.74, 6) is 0.909. The standard InChI is InChI=1S/C6H9Cl/c1-6-2-4(3-6)5(6)7/h4-5H,2-3H2,1H3. The van der Waals surface area contributed by atoms with Crippen molar-refractivity contribution in [3.63, 3.8) is 0 Å². The highest BCUT2D eigenvalue weighted by molar-refractivity contribution is 6.22. The van der Waals surface area contributed by atoms with Crippen LogP contribution in [0.1, 0.15) is 19.8 Å². The third kappa shape index (κ3) is 0.281. The van der Waals surface area contributed by atoms with Crippen LogP contribution in [0.15, 0.2) is 0 Å². The summed E-state index contributed by atoms with van der Waals surface area (Å²) in [6.07, 6.45) is 2.81. The molecule has 0 heterocycles. The molecular formula is C6H9Cl. The van der Waals surface area contributed by atoms with Crippen LogP contribution in [-0.2, 0) is 0 Å². The van der Waals surface area contributed by atoms with Gasteiger partial charge in [0.15, 0.2) is 0 Å². The predicted molar refractivity (Wildman–Crippen MR) is 30.5 cm³/mol. The lowest BCUT2D eigenvalue weighted by atomic mass is 9.45. The van der Waals surface area contributed by atoms with Gasteiger partial charge in [0.1, 0.15) is 0 Å². The van der Waals surface area contributed by atoms with Crippen molar-refractivity contribution in [1.82, 2.24) is 0 Å². The van der Waals surface area contributed by atoms with Gasteiger partial charge >= 0.3 is 0 Å². The van der Waals surface area contributed by atoms with Crippen molar-refractivity contribution in [2.75, 3.05) is 0 Å². The highest BCUT2D eigenvalue weighted by Crippen LogP contribution is 2.66. The van der Waals surface area contributed by atoms with Crippen molar-refractivity contribution in [3.05, 3.63) is 0 Å². The zero-order valence-electron chi connectivity index (χ0n) is 4.45. The number of halogens is 1. The molecule has 0 saturated heterocycles. The summed E-state index contributed by atoms with van der Waals surface area (Å²) in [6, 6.07) is 0. The van der Waals surface area contributed by atoms with Gasteiger partial charge in [-0.05, 0) is 24.2 Å². The Morgan fingerprint density at radius 1 is 1.57 bits per heavy atom. The van der Waals surface area contributed by atoms with Crippen molar-refractivity contribution in [3.8, 4) is 0 Å². The molecule has 3 saturated carbocycles. The monoisotopic (exact) mass is 116 g/mol. The van der Waals surface area contributed by atoms with Gasteiger partial charge in [0.2, 0.25) is 0 Å². The van der Waals surface area contributed by atoms with Crippen LogP contribution in [0.4, 0.5) is 0 Å². The first-order valence-corrected chi connectivity index (χ1v) is 3.30. The Hall–Kier alpha value is 0.290. The smallest absolute Gasteiger partial charge is 0.0418 e. The molecule has 0 radical (unpaired) electrons. The molecule has 1 unspecified atom stereocenters. The highest BCUT2D eigenvalue weighted by atomic mass is 35.5. The second-order valence-electron chi connectivity index (χ2n) is 3.22. The normalized spacial score (nSPS) is 66.0. The molecule has 3 aliphatic rings. The first kappa shape index (κ1) is 4.20. The highest BCUT2D eigenvalue weighted by Gasteiger charge is 2.61. The molecule has 0 nitrogen and oxygen atoms in total. The summed E-state index contributed by atoms with van der Waals surface area (Å²) in [5.41, 5.74) is 0.590. The Labute approximate surface area is 48.9 Å². The van der Waals surface area contributed by atoms with E-state index in [1.54, 1.807) is 0 Å². The van der Waals surface area contributed by atoms with Gasteiger partial charge in [0.05, 0.1) is 0 Å². The summed E-state index contributed by atoms with van der Waals surface area (Å²) in [4.78, 5) is 0. The largest absolute Gasteiger partial charge is 0.122 e. The lowest BCUT2D eigenvalue weighted by Gasteiger charge is -2.64. The molecule has 3 rings (SSSR count). The Morgan fingerprint density at radius 2 is 2.00 bits per heavy atom. The molecule has 0 spiro atoms. The second kappa shape index (κ2) is 0.862.